The van der Waals surface area contributed by atoms with Crippen LogP contribution in [0.4, 0.5) is 5.95 Å². The number of benzene rings is 1. The van der Waals surface area contributed by atoms with Crippen LogP contribution in [0.25, 0.3) is 5.69 Å². The molecule has 0 bridgehead atoms. The Morgan fingerprint density at radius 2 is 2.00 bits per heavy atom. The second-order valence-electron chi connectivity index (χ2n) is 6.46. The van der Waals surface area contributed by atoms with Gasteiger partial charge in [-0.3, -0.25) is 4.57 Å². The average Bonchev–Trinajstić information content (AvgIpc) is 3.33. The number of ether oxygens (including phenoxy) is 1. The van der Waals surface area contributed by atoms with E-state index in [4.69, 9.17) is 9.26 Å². The number of hydrogen-bond donors (Lipinski definition) is 0. The molecule has 2 aromatic heterocycles. The molecule has 1 aliphatic rings. The van der Waals surface area contributed by atoms with Gasteiger partial charge in [0.1, 0.15) is 5.76 Å². The van der Waals surface area contributed by atoms with Crippen LogP contribution in [0.5, 0.6) is 0 Å². The lowest BCUT2D eigenvalue weighted by atomic mass is 10.1. The number of anilines is 1. The van der Waals surface area contributed by atoms with Crippen molar-refractivity contribution >= 4 is 17.7 Å². The molecule has 1 aliphatic heterocycles. The van der Waals surface area contributed by atoms with Gasteiger partial charge in [-0.05, 0) is 31.0 Å². The highest BCUT2D eigenvalue weighted by molar-refractivity contribution is 7.98. The largest absolute Gasteiger partial charge is 0.378 e. The molecule has 0 atom stereocenters. The number of rotatable bonds is 6. The molecule has 7 nitrogen and oxygen atoms in total. The van der Waals surface area contributed by atoms with Gasteiger partial charge in [-0.1, -0.05) is 36.0 Å². The first-order chi connectivity index (χ1) is 13.2. The van der Waals surface area contributed by atoms with E-state index in [9.17, 15) is 0 Å². The molecule has 1 aromatic carbocycles. The number of hydrogen-bond acceptors (Lipinski definition) is 7. The van der Waals surface area contributed by atoms with Crippen LogP contribution in [0, 0.1) is 6.92 Å². The van der Waals surface area contributed by atoms with Crippen molar-refractivity contribution in [1.29, 1.82) is 0 Å². The van der Waals surface area contributed by atoms with Gasteiger partial charge in [-0.25, -0.2) is 0 Å². The smallest absolute Gasteiger partial charge is 0.232 e. The van der Waals surface area contributed by atoms with E-state index in [0.717, 1.165) is 47.8 Å². The number of aryl methyl sites for hydroxylation is 2. The van der Waals surface area contributed by atoms with Crippen molar-refractivity contribution in [1.82, 2.24) is 19.9 Å². The quantitative estimate of drug-likeness (QED) is 0.603. The molecule has 3 heterocycles. The summed E-state index contributed by atoms with van der Waals surface area (Å²) >= 11 is 1.60. The van der Waals surface area contributed by atoms with Crippen LogP contribution in [0.1, 0.15) is 23.9 Å². The van der Waals surface area contributed by atoms with Gasteiger partial charge < -0.3 is 14.2 Å². The molecule has 0 aliphatic carbocycles. The zero-order chi connectivity index (χ0) is 18.6. The standard InChI is InChI=1S/C19H23N5O2S/c1-3-15-5-4-6-16(12-15)24-18(23-7-9-25-10-8-23)20-21-19(24)27-13-17-11-14(2)22-26-17/h4-6,11-12H,3,7-10,13H2,1-2H3. The van der Waals surface area contributed by atoms with E-state index >= 15 is 0 Å². The fraction of sp³-hybridized carbons (Fsp3) is 0.421. The van der Waals surface area contributed by atoms with E-state index in [2.05, 4.69) is 56.0 Å². The maximum absolute atomic E-state index is 5.49. The second-order valence-corrected chi connectivity index (χ2v) is 7.41. The fourth-order valence-electron chi connectivity index (χ4n) is 3.09. The summed E-state index contributed by atoms with van der Waals surface area (Å²) in [4.78, 5) is 2.23. The van der Waals surface area contributed by atoms with Crippen LogP contribution in [0.3, 0.4) is 0 Å². The zero-order valence-corrected chi connectivity index (χ0v) is 16.4. The first kappa shape index (κ1) is 18.1. The van der Waals surface area contributed by atoms with Crippen LogP contribution in [-0.4, -0.2) is 46.2 Å². The molecule has 27 heavy (non-hydrogen) atoms. The van der Waals surface area contributed by atoms with Gasteiger partial charge in [0, 0.05) is 19.2 Å². The third-order valence-corrected chi connectivity index (χ3v) is 5.46. The Morgan fingerprint density at radius 1 is 1.15 bits per heavy atom. The number of nitrogens with zero attached hydrogens (tertiary/aromatic N) is 5. The van der Waals surface area contributed by atoms with E-state index < -0.39 is 0 Å². The fourth-order valence-corrected chi connectivity index (χ4v) is 3.91. The van der Waals surface area contributed by atoms with Crippen molar-refractivity contribution in [2.24, 2.45) is 0 Å². The molecule has 8 heteroatoms. The Balaban J connectivity index is 1.68. The molecule has 0 spiro atoms. The van der Waals surface area contributed by atoms with Gasteiger partial charge in [-0.15, -0.1) is 10.2 Å². The van der Waals surface area contributed by atoms with Gasteiger partial charge in [-0.2, -0.15) is 0 Å². The highest BCUT2D eigenvalue weighted by Crippen LogP contribution is 2.29. The molecular weight excluding hydrogens is 362 g/mol. The topological polar surface area (TPSA) is 69.2 Å². The van der Waals surface area contributed by atoms with Gasteiger partial charge in [0.2, 0.25) is 5.95 Å². The van der Waals surface area contributed by atoms with E-state index in [1.165, 1.54) is 5.56 Å². The molecule has 0 saturated carbocycles. The molecule has 142 valence electrons. The van der Waals surface area contributed by atoms with Crippen LogP contribution in [0.2, 0.25) is 0 Å². The molecule has 0 unspecified atom stereocenters. The molecule has 0 radical (unpaired) electrons. The molecule has 3 aromatic rings. The zero-order valence-electron chi connectivity index (χ0n) is 15.6. The summed E-state index contributed by atoms with van der Waals surface area (Å²) in [7, 11) is 0. The van der Waals surface area contributed by atoms with E-state index in [1.807, 2.05) is 13.0 Å². The Morgan fingerprint density at radius 3 is 2.74 bits per heavy atom. The molecule has 1 fully saturated rings. The highest BCUT2D eigenvalue weighted by Gasteiger charge is 2.22. The van der Waals surface area contributed by atoms with Crippen LogP contribution in [-0.2, 0) is 16.9 Å². The van der Waals surface area contributed by atoms with Crippen molar-refractivity contribution < 1.29 is 9.26 Å². The minimum atomic E-state index is 0.662. The summed E-state index contributed by atoms with van der Waals surface area (Å²) in [6, 6.07) is 10.5. The van der Waals surface area contributed by atoms with Gasteiger partial charge >= 0.3 is 0 Å². The first-order valence-corrected chi connectivity index (χ1v) is 10.2. The third kappa shape index (κ3) is 4.01. The normalized spacial score (nSPS) is 14.7. The van der Waals surface area contributed by atoms with Crippen LogP contribution >= 0.6 is 11.8 Å². The number of aromatic nitrogens is 4. The van der Waals surface area contributed by atoms with Crippen molar-refractivity contribution in [2.45, 2.75) is 31.2 Å². The lowest BCUT2D eigenvalue weighted by Gasteiger charge is -2.28. The lowest BCUT2D eigenvalue weighted by Crippen LogP contribution is -2.37. The van der Waals surface area contributed by atoms with E-state index in [0.29, 0.717) is 19.0 Å². The van der Waals surface area contributed by atoms with E-state index in [1.54, 1.807) is 11.8 Å². The van der Waals surface area contributed by atoms with Crippen molar-refractivity contribution in [2.75, 3.05) is 31.2 Å². The predicted octanol–water partition coefficient (Wildman–Crippen LogP) is 3.26. The maximum Gasteiger partial charge on any atom is 0.232 e. The summed E-state index contributed by atoms with van der Waals surface area (Å²) in [6.07, 6.45) is 0.989. The predicted molar refractivity (Wildman–Crippen MR) is 105 cm³/mol. The minimum Gasteiger partial charge on any atom is -0.378 e. The molecule has 4 rings (SSSR count). The molecule has 0 amide bonds. The van der Waals surface area contributed by atoms with Gasteiger partial charge in [0.25, 0.3) is 0 Å². The van der Waals surface area contributed by atoms with Crippen molar-refractivity contribution in [3.63, 3.8) is 0 Å². The minimum absolute atomic E-state index is 0.662. The summed E-state index contributed by atoms with van der Waals surface area (Å²) in [6.45, 7) is 7.14. The summed E-state index contributed by atoms with van der Waals surface area (Å²) < 4.78 is 13.0. The van der Waals surface area contributed by atoms with Crippen molar-refractivity contribution in [3.8, 4) is 5.69 Å². The molecule has 0 N–H and O–H groups in total. The summed E-state index contributed by atoms with van der Waals surface area (Å²) in [5.74, 6) is 2.36. The number of thioether (sulfide) groups is 1. The maximum atomic E-state index is 5.49. The molecular formula is C19H23N5O2S. The van der Waals surface area contributed by atoms with E-state index in [-0.39, 0.29) is 0 Å². The summed E-state index contributed by atoms with van der Waals surface area (Å²) in [5.41, 5.74) is 3.25. The second kappa shape index (κ2) is 8.14. The van der Waals surface area contributed by atoms with Crippen molar-refractivity contribution in [3.05, 3.63) is 47.3 Å². The van der Waals surface area contributed by atoms with Crippen LogP contribution < -0.4 is 4.90 Å². The Labute approximate surface area is 162 Å². The monoisotopic (exact) mass is 385 g/mol. The average molecular weight is 385 g/mol. The lowest BCUT2D eigenvalue weighted by molar-refractivity contribution is 0.122. The Bertz CT molecular complexity index is 901. The Kier molecular flexibility index (Phi) is 5.45. The first-order valence-electron chi connectivity index (χ1n) is 9.17. The SMILES string of the molecule is CCc1cccc(-n2c(SCc3cc(C)no3)nnc2N2CCOCC2)c1. The van der Waals surface area contributed by atoms with Gasteiger partial charge in [0.05, 0.1) is 30.3 Å². The Hall–Kier alpha value is -2.32. The van der Waals surface area contributed by atoms with Gasteiger partial charge in [0.15, 0.2) is 5.16 Å². The highest BCUT2D eigenvalue weighted by atomic mass is 32.2. The third-order valence-electron chi connectivity index (χ3n) is 4.51. The van der Waals surface area contributed by atoms with Crippen LogP contribution in [0.15, 0.2) is 40.0 Å². The number of morpholine rings is 1. The molecule has 1 saturated heterocycles. The summed E-state index contributed by atoms with van der Waals surface area (Å²) in [5, 5.41) is 13.8.